The lowest BCUT2D eigenvalue weighted by Gasteiger charge is -2.23. The molecule has 1 heterocycles. The van der Waals surface area contributed by atoms with Crippen molar-refractivity contribution in [2.24, 2.45) is 0 Å². The molecule has 3 aromatic carbocycles. The van der Waals surface area contributed by atoms with Gasteiger partial charge in [0.25, 0.3) is 0 Å². The summed E-state index contributed by atoms with van der Waals surface area (Å²) < 4.78 is 0. The molecular formula is C25H26N2O2. The molecule has 0 amide bonds. The van der Waals surface area contributed by atoms with Crippen molar-refractivity contribution < 1.29 is 9.90 Å². The number of nitrogens with zero attached hydrogens (tertiary/aromatic N) is 2. The number of carboxylic acids is 1. The lowest BCUT2D eigenvalue weighted by atomic mass is 9.98. The molecule has 148 valence electrons. The monoisotopic (exact) mass is 386 g/mol. The highest BCUT2D eigenvalue weighted by Gasteiger charge is 2.30. The number of carbonyl (C=O) groups is 1. The van der Waals surface area contributed by atoms with Gasteiger partial charge in [-0.2, -0.15) is 0 Å². The number of hydrogen-bond donors (Lipinski definition) is 1. The van der Waals surface area contributed by atoms with Gasteiger partial charge < -0.3 is 14.9 Å². The Morgan fingerprint density at radius 1 is 1.03 bits per heavy atom. The maximum atomic E-state index is 11.3. The van der Waals surface area contributed by atoms with Crippen LogP contribution >= 0.6 is 0 Å². The Morgan fingerprint density at radius 2 is 1.72 bits per heavy atom. The van der Waals surface area contributed by atoms with Crippen LogP contribution in [0.4, 0.5) is 17.1 Å². The average molecular weight is 386 g/mol. The van der Waals surface area contributed by atoms with Gasteiger partial charge in [-0.3, -0.25) is 4.79 Å². The van der Waals surface area contributed by atoms with Gasteiger partial charge in [0.1, 0.15) is 0 Å². The Hall–Kier alpha value is -3.27. The number of aliphatic carboxylic acids is 1. The minimum atomic E-state index is -0.750. The average Bonchev–Trinajstić information content (AvgIpc) is 3.08. The summed E-state index contributed by atoms with van der Waals surface area (Å²) in [6, 6.07) is 25.1. The van der Waals surface area contributed by atoms with Crippen LogP contribution in [0.25, 0.3) is 0 Å². The Kier molecular flexibility index (Phi) is 5.26. The molecule has 0 radical (unpaired) electrons. The van der Waals surface area contributed by atoms with Crippen molar-refractivity contribution in [2.75, 3.05) is 23.4 Å². The smallest absolute Gasteiger partial charge is 0.304 e. The van der Waals surface area contributed by atoms with Gasteiger partial charge in [-0.15, -0.1) is 0 Å². The molecule has 0 aliphatic carbocycles. The SMILES string of the molecule is Cc1ccccc1CN(C)c1ccc(N2CC(CC(=O)O)c3ccccc32)cc1. The molecule has 0 spiro atoms. The number of benzene rings is 3. The normalized spacial score (nSPS) is 15.2. The Balaban J connectivity index is 1.53. The fraction of sp³-hybridized carbons (Fsp3) is 0.240. The maximum absolute atomic E-state index is 11.3. The summed E-state index contributed by atoms with van der Waals surface area (Å²) >= 11 is 0. The van der Waals surface area contributed by atoms with Crippen LogP contribution in [0.15, 0.2) is 72.8 Å². The van der Waals surface area contributed by atoms with Crippen LogP contribution in [0.1, 0.15) is 29.0 Å². The number of anilines is 3. The summed E-state index contributed by atoms with van der Waals surface area (Å²) in [5, 5.41) is 9.27. The van der Waals surface area contributed by atoms with E-state index in [0.717, 1.165) is 29.2 Å². The quantitative estimate of drug-likeness (QED) is 0.621. The first kappa shape index (κ1) is 19.1. The zero-order chi connectivity index (χ0) is 20.4. The van der Waals surface area contributed by atoms with Crippen molar-refractivity contribution in [3.63, 3.8) is 0 Å². The predicted octanol–water partition coefficient (Wildman–Crippen LogP) is 5.34. The highest BCUT2D eigenvalue weighted by Crippen LogP contribution is 2.42. The summed E-state index contributed by atoms with van der Waals surface area (Å²) in [6.45, 7) is 3.70. The van der Waals surface area contributed by atoms with Gasteiger partial charge in [-0.25, -0.2) is 0 Å². The fourth-order valence-corrected chi connectivity index (χ4v) is 4.15. The Morgan fingerprint density at radius 3 is 2.45 bits per heavy atom. The summed E-state index contributed by atoms with van der Waals surface area (Å²) in [7, 11) is 2.11. The second-order valence-corrected chi connectivity index (χ2v) is 7.76. The van der Waals surface area contributed by atoms with Crippen LogP contribution in [0, 0.1) is 6.92 Å². The molecule has 1 unspecified atom stereocenters. The first-order valence-electron chi connectivity index (χ1n) is 9.97. The van der Waals surface area contributed by atoms with Gasteiger partial charge >= 0.3 is 5.97 Å². The van der Waals surface area contributed by atoms with Crippen LogP contribution in [0.3, 0.4) is 0 Å². The summed E-state index contributed by atoms with van der Waals surface area (Å²) in [4.78, 5) is 15.8. The first-order chi connectivity index (χ1) is 14.0. The zero-order valence-corrected chi connectivity index (χ0v) is 16.9. The van der Waals surface area contributed by atoms with Crippen LogP contribution in [-0.2, 0) is 11.3 Å². The largest absolute Gasteiger partial charge is 0.481 e. The number of hydrogen-bond acceptors (Lipinski definition) is 3. The molecule has 4 rings (SSSR count). The fourth-order valence-electron chi connectivity index (χ4n) is 4.15. The molecule has 1 atom stereocenters. The number of carboxylic acid groups (broad SMARTS) is 1. The van der Waals surface area contributed by atoms with Crippen molar-refractivity contribution in [3.8, 4) is 0 Å². The number of rotatable bonds is 6. The Labute approximate surface area is 172 Å². The molecule has 0 saturated heterocycles. The zero-order valence-electron chi connectivity index (χ0n) is 16.9. The third kappa shape index (κ3) is 3.97. The molecule has 29 heavy (non-hydrogen) atoms. The van der Waals surface area contributed by atoms with E-state index < -0.39 is 5.97 Å². The maximum Gasteiger partial charge on any atom is 0.304 e. The van der Waals surface area contributed by atoms with E-state index in [1.807, 2.05) is 18.2 Å². The van der Waals surface area contributed by atoms with Gasteiger partial charge in [-0.05, 0) is 53.9 Å². The third-order valence-corrected chi connectivity index (χ3v) is 5.76. The van der Waals surface area contributed by atoms with Crippen LogP contribution in [-0.4, -0.2) is 24.7 Å². The van der Waals surface area contributed by atoms with E-state index in [1.54, 1.807) is 0 Å². The number of para-hydroxylation sites is 1. The van der Waals surface area contributed by atoms with Gasteiger partial charge in [0, 0.05) is 43.1 Å². The minimum absolute atomic E-state index is 0.0205. The third-order valence-electron chi connectivity index (χ3n) is 5.76. The molecular weight excluding hydrogens is 360 g/mol. The lowest BCUT2D eigenvalue weighted by molar-refractivity contribution is -0.137. The van der Waals surface area contributed by atoms with Crippen molar-refractivity contribution in [2.45, 2.75) is 25.8 Å². The molecule has 4 nitrogen and oxygen atoms in total. The molecule has 4 heteroatoms. The summed E-state index contributed by atoms with van der Waals surface area (Å²) in [5.74, 6) is -0.730. The molecule has 0 aromatic heterocycles. The molecule has 1 aliphatic heterocycles. The highest BCUT2D eigenvalue weighted by molar-refractivity contribution is 5.75. The molecule has 1 aliphatic rings. The highest BCUT2D eigenvalue weighted by atomic mass is 16.4. The summed E-state index contributed by atoms with van der Waals surface area (Å²) in [5.41, 5.74) is 7.11. The van der Waals surface area contributed by atoms with Crippen molar-refractivity contribution in [3.05, 3.63) is 89.5 Å². The van der Waals surface area contributed by atoms with Crippen molar-refractivity contribution in [1.82, 2.24) is 0 Å². The minimum Gasteiger partial charge on any atom is -0.481 e. The van der Waals surface area contributed by atoms with E-state index in [2.05, 4.69) is 78.4 Å². The van der Waals surface area contributed by atoms with E-state index >= 15 is 0 Å². The van der Waals surface area contributed by atoms with Gasteiger partial charge in [0.2, 0.25) is 0 Å². The molecule has 0 saturated carbocycles. The topological polar surface area (TPSA) is 43.8 Å². The van der Waals surface area contributed by atoms with Crippen LogP contribution in [0.5, 0.6) is 0 Å². The second kappa shape index (κ2) is 8.00. The molecule has 1 N–H and O–H groups in total. The predicted molar refractivity (Wildman–Crippen MR) is 118 cm³/mol. The molecule has 0 fully saturated rings. The Bertz CT molecular complexity index is 1010. The lowest BCUT2D eigenvalue weighted by Crippen LogP contribution is -2.18. The van der Waals surface area contributed by atoms with E-state index in [-0.39, 0.29) is 12.3 Å². The van der Waals surface area contributed by atoms with Crippen LogP contribution < -0.4 is 9.80 Å². The number of aryl methyl sites for hydroxylation is 1. The first-order valence-corrected chi connectivity index (χ1v) is 9.97. The molecule has 0 bridgehead atoms. The van der Waals surface area contributed by atoms with E-state index in [1.165, 1.54) is 11.1 Å². The van der Waals surface area contributed by atoms with Gasteiger partial charge in [-0.1, -0.05) is 42.5 Å². The van der Waals surface area contributed by atoms with E-state index in [4.69, 9.17) is 0 Å². The molecule has 3 aromatic rings. The van der Waals surface area contributed by atoms with Gasteiger partial charge in [0.15, 0.2) is 0 Å². The second-order valence-electron chi connectivity index (χ2n) is 7.76. The van der Waals surface area contributed by atoms with Crippen molar-refractivity contribution in [1.29, 1.82) is 0 Å². The van der Waals surface area contributed by atoms with Gasteiger partial charge in [0.05, 0.1) is 6.42 Å². The summed E-state index contributed by atoms with van der Waals surface area (Å²) in [6.07, 6.45) is 0.158. The van der Waals surface area contributed by atoms with Crippen LogP contribution in [0.2, 0.25) is 0 Å². The van der Waals surface area contributed by atoms with E-state index in [9.17, 15) is 9.90 Å². The number of fused-ring (bicyclic) bond motifs is 1. The standard InChI is InChI=1S/C25H26N2O2/c1-18-7-3-4-8-19(18)16-26(2)21-11-13-22(14-12-21)27-17-20(15-25(28)29)23-9-5-6-10-24(23)27/h3-14,20H,15-17H2,1-2H3,(H,28,29). The van der Waals surface area contributed by atoms with Crippen molar-refractivity contribution >= 4 is 23.0 Å². The van der Waals surface area contributed by atoms with E-state index in [0.29, 0.717) is 6.54 Å².